The third-order valence-corrected chi connectivity index (χ3v) is 6.11. The molecular weight excluding hydrogens is 448 g/mol. The van der Waals surface area contributed by atoms with Gasteiger partial charge in [0, 0.05) is 11.0 Å². The van der Waals surface area contributed by atoms with Gasteiger partial charge in [-0.05, 0) is 45.3 Å². The minimum Gasteiger partial charge on any atom is -0.465 e. The summed E-state index contributed by atoms with van der Waals surface area (Å²) < 4.78 is 34.8. The first-order chi connectivity index (χ1) is 13.4. The van der Waals surface area contributed by atoms with Gasteiger partial charge in [0.15, 0.2) is 0 Å². The number of carbonyl (C=O) groups excluding carboxylic acids is 1. The molecule has 3 rings (SSSR count). The second-order valence-corrected chi connectivity index (χ2v) is 8.44. The Morgan fingerprint density at radius 2 is 1.96 bits per heavy atom. The molecule has 0 aliphatic rings. The monoisotopic (exact) mass is 464 g/mol. The molecule has 1 N–H and O–H groups in total. The molecule has 0 bridgehead atoms. The van der Waals surface area contributed by atoms with E-state index < -0.39 is 16.0 Å². The topological polar surface area (TPSA) is 103 Å². The summed E-state index contributed by atoms with van der Waals surface area (Å²) in [6.07, 6.45) is 3.04. The predicted molar refractivity (Wildman–Crippen MR) is 105 cm³/mol. The molecule has 0 spiro atoms. The molecule has 0 fully saturated rings. The summed E-state index contributed by atoms with van der Waals surface area (Å²) in [5, 5.41) is 4.07. The van der Waals surface area contributed by atoms with Crippen LogP contribution in [0, 0.1) is 0 Å². The largest absolute Gasteiger partial charge is 0.465 e. The van der Waals surface area contributed by atoms with Crippen LogP contribution in [-0.4, -0.2) is 36.3 Å². The molecule has 0 radical (unpaired) electrons. The number of ether oxygens (including phenoxy) is 1. The van der Waals surface area contributed by atoms with Gasteiger partial charge in [-0.3, -0.25) is 0 Å². The number of methoxy groups -OCH3 is 1. The number of hydrogen-bond donors (Lipinski definition) is 1. The molecule has 0 amide bonds. The Balaban J connectivity index is 1.80. The zero-order valence-corrected chi connectivity index (χ0v) is 17.3. The number of hydrogen-bond acceptors (Lipinski definition) is 6. The highest BCUT2D eigenvalue weighted by molar-refractivity contribution is 9.10. The smallest absolute Gasteiger partial charge is 0.339 e. The van der Waals surface area contributed by atoms with Gasteiger partial charge in [0.25, 0.3) is 0 Å². The highest BCUT2D eigenvalue weighted by atomic mass is 79.9. The summed E-state index contributed by atoms with van der Waals surface area (Å²) in [6, 6.07) is 11.7. The van der Waals surface area contributed by atoms with Gasteiger partial charge < -0.3 is 4.74 Å². The fraction of sp³-hybridized carbons (Fsp3) is 0.167. The Hall–Kier alpha value is -2.56. The summed E-state index contributed by atoms with van der Waals surface area (Å²) in [7, 11) is -2.60. The third-order valence-electron chi connectivity index (χ3n) is 4.02. The molecular formula is C18H17BrN4O4S. The second kappa shape index (κ2) is 8.63. The Labute approximate surface area is 170 Å². The number of halogens is 1. The molecule has 0 aliphatic carbocycles. The van der Waals surface area contributed by atoms with Crippen molar-refractivity contribution in [3.8, 4) is 0 Å². The van der Waals surface area contributed by atoms with Gasteiger partial charge in [-0.25, -0.2) is 27.6 Å². The van der Waals surface area contributed by atoms with Crippen LogP contribution in [0.3, 0.4) is 0 Å². The second-order valence-electron chi connectivity index (χ2n) is 5.82. The number of rotatable bonds is 7. The van der Waals surface area contributed by atoms with E-state index in [-0.39, 0.29) is 17.0 Å². The van der Waals surface area contributed by atoms with Crippen molar-refractivity contribution in [3.63, 3.8) is 0 Å². The van der Waals surface area contributed by atoms with Crippen LogP contribution < -0.4 is 4.72 Å². The Bertz CT molecular complexity index is 1080. The van der Waals surface area contributed by atoms with Crippen LogP contribution in [0.1, 0.15) is 21.5 Å². The maximum Gasteiger partial charge on any atom is 0.339 e. The van der Waals surface area contributed by atoms with Gasteiger partial charge >= 0.3 is 5.97 Å². The standard InChI is InChI=1S/C18H17BrN4O4S/c1-27-18(24)16-8-15(6-7-17(16)19)28(25,26)22-9-13-4-2-3-5-14(13)10-23-12-20-11-21-23/h2-8,11-12,22H,9-10H2,1H3. The van der Waals surface area contributed by atoms with Crippen molar-refractivity contribution in [3.05, 3.63) is 76.3 Å². The number of aromatic nitrogens is 3. The Kier molecular flexibility index (Phi) is 6.22. The van der Waals surface area contributed by atoms with Gasteiger partial charge in [-0.2, -0.15) is 5.10 Å². The zero-order valence-electron chi connectivity index (χ0n) is 14.9. The molecule has 0 unspecified atom stereocenters. The van der Waals surface area contributed by atoms with E-state index in [0.29, 0.717) is 11.0 Å². The lowest BCUT2D eigenvalue weighted by Gasteiger charge is -2.12. The van der Waals surface area contributed by atoms with Crippen molar-refractivity contribution in [1.29, 1.82) is 0 Å². The lowest BCUT2D eigenvalue weighted by atomic mass is 10.1. The van der Waals surface area contributed by atoms with Gasteiger partial charge in [0.1, 0.15) is 12.7 Å². The summed E-state index contributed by atoms with van der Waals surface area (Å²) >= 11 is 3.22. The molecule has 2 aromatic carbocycles. The maximum absolute atomic E-state index is 12.7. The lowest BCUT2D eigenvalue weighted by molar-refractivity contribution is 0.0599. The quantitative estimate of drug-likeness (QED) is 0.538. The number of benzene rings is 2. The average molecular weight is 465 g/mol. The number of sulfonamides is 1. The molecule has 1 heterocycles. The third kappa shape index (κ3) is 4.64. The highest BCUT2D eigenvalue weighted by Gasteiger charge is 2.19. The molecule has 1 aromatic heterocycles. The van der Waals surface area contributed by atoms with Crippen molar-refractivity contribution in [2.45, 2.75) is 18.0 Å². The van der Waals surface area contributed by atoms with Gasteiger partial charge in [-0.15, -0.1) is 0 Å². The fourth-order valence-electron chi connectivity index (χ4n) is 2.57. The van der Waals surface area contributed by atoms with Crippen molar-refractivity contribution in [1.82, 2.24) is 19.5 Å². The van der Waals surface area contributed by atoms with Crippen LogP contribution >= 0.6 is 15.9 Å². The van der Waals surface area contributed by atoms with E-state index >= 15 is 0 Å². The summed E-state index contributed by atoms with van der Waals surface area (Å²) in [4.78, 5) is 15.7. The first-order valence-corrected chi connectivity index (χ1v) is 10.4. The van der Waals surface area contributed by atoms with E-state index in [4.69, 9.17) is 0 Å². The van der Waals surface area contributed by atoms with E-state index in [1.165, 1.54) is 31.6 Å². The molecule has 0 atom stereocenters. The summed E-state index contributed by atoms with van der Waals surface area (Å²) in [6.45, 7) is 0.569. The normalized spacial score (nSPS) is 11.4. The lowest BCUT2D eigenvalue weighted by Crippen LogP contribution is -2.24. The molecule has 146 valence electrons. The molecule has 0 aliphatic heterocycles. The van der Waals surface area contributed by atoms with Gasteiger partial charge in [-0.1, -0.05) is 24.3 Å². The predicted octanol–water partition coefficient (Wildman–Crippen LogP) is 2.35. The number of carbonyl (C=O) groups is 1. The van der Waals surface area contributed by atoms with E-state index in [9.17, 15) is 13.2 Å². The first kappa shape index (κ1) is 20.2. The summed E-state index contributed by atoms with van der Waals surface area (Å²) in [5.74, 6) is -0.623. The van der Waals surface area contributed by atoms with E-state index in [2.05, 4.69) is 35.5 Å². The van der Waals surface area contributed by atoms with Crippen LogP contribution in [0.2, 0.25) is 0 Å². The average Bonchev–Trinajstić information content (AvgIpc) is 3.20. The van der Waals surface area contributed by atoms with Crippen molar-refractivity contribution >= 4 is 31.9 Å². The van der Waals surface area contributed by atoms with E-state index in [0.717, 1.165) is 11.1 Å². The molecule has 0 saturated carbocycles. The summed E-state index contributed by atoms with van der Waals surface area (Å²) in [5.41, 5.74) is 1.87. The SMILES string of the molecule is COC(=O)c1cc(S(=O)(=O)NCc2ccccc2Cn2cncn2)ccc1Br. The molecule has 8 nitrogen and oxygen atoms in total. The van der Waals surface area contributed by atoms with Crippen LogP contribution in [0.5, 0.6) is 0 Å². The molecule has 28 heavy (non-hydrogen) atoms. The minimum atomic E-state index is -3.83. The number of nitrogens with zero attached hydrogens (tertiary/aromatic N) is 3. The van der Waals surface area contributed by atoms with Crippen molar-refractivity contribution in [2.24, 2.45) is 0 Å². The zero-order chi connectivity index (χ0) is 20.1. The first-order valence-electron chi connectivity index (χ1n) is 8.17. The minimum absolute atomic E-state index is 0.0233. The molecule has 0 saturated heterocycles. The van der Waals surface area contributed by atoms with Gasteiger partial charge in [0.05, 0.1) is 24.1 Å². The molecule has 3 aromatic rings. The maximum atomic E-state index is 12.7. The van der Waals surface area contributed by atoms with Crippen LogP contribution in [0.15, 0.2) is 64.5 Å². The highest BCUT2D eigenvalue weighted by Crippen LogP contribution is 2.22. The van der Waals surface area contributed by atoms with Crippen LogP contribution in [-0.2, 0) is 27.8 Å². The Morgan fingerprint density at radius 1 is 1.21 bits per heavy atom. The van der Waals surface area contributed by atoms with Crippen molar-refractivity contribution in [2.75, 3.05) is 7.11 Å². The number of esters is 1. The Morgan fingerprint density at radius 3 is 2.64 bits per heavy atom. The number of nitrogens with one attached hydrogen (secondary N) is 1. The van der Waals surface area contributed by atoms with E-state index in [1.807, 2.05) is 24.3 Å². The van der Waals surface area contributed by atoms with Crippen molar-refractivity contribution < 1.29 is 17.9 Å². The van der Waals surface area contributed by atoms with E-state index in [1.54, 1.807) is 11.0 Å². The van der Waals surface area contributed by atoms with Crippen LogP contribution in [0.4, 0.5) is 0 Å². The molecule has 10 heteroatoms. The fourth-order valence-corrected chi connectivity index (χ4v) is 4.01. The van der Waals surface area contributed by atoms with Gasteiger partial charge in [0.2, 0.25) is 10.0 Å². The van der Waals surface area contributed by atoms with Crippen LogP contribution in [0.25, 0.3) is 0 Å².